The summed E-state index contributed by atoms with van der Waals surface area (Å²) < 4.78 is 0. The van der Waals surface area contributed by atoms with Gasteiger partial charge in [-0.05, 0) is 44.5 Å². The predicted octanol–water partition coefficient (Wildman–Crippen LogP) is 4.45. The van der Waals surface area contributed by atoms with Gasteiger partial charge < -0.3 is 10.3 Å². The van der Waals surface area contributed by atoms with Crippen molar-refractivity contribution < 1.29 is 4.79 Å². The molecule has 2 N–H and O–H groups in total. The van der Waals surface area contributed by atoms with Gasteiger partial charge in [0, 0.05) is 28.8 Å². The standard InChI is InChI=1S/C25H23N3O2/c1-15-8-10-18(11-9-15)23-13-20(19-6-4-5-7-22(19)28-23)24(29)26-14-21-16(2)12-17(3)27-25(21)30/h4-13H,14H2,1-3H3,(H,26,29)(H,27,30). The quantitative estimate of drug-likeness (QED) is 0.534. The smallest absolute Gasteiger partial charge is 0.253 e. The Hall–Kier alpha value is -3.73. The van der Waals surface area contributed by atoms with Crippen molar-refractivity contribution in [3.8, 4) is 11.3 Å². The number of aromatic amines is 1. The van der Waals surface area contributed by atoms with Gasteiger partial charge in [0.2, 0.25) is 0 Å². The molecule has 0 atom stereocenters. The molecule has 0 unspecified atom stereocenters. The number of carbonyl (C=O) groups excluding carboxylic acids is 1. The number of hydrogen-bond donors (Lipinski definition) is 2. The molecule has 30 heavy (non-hydrogen) atoms. The first kappa shape index (κ1) is 19.6. The Labute approximate surface area is 174 Å². The van der Waals surface area contributed by atoms with Crippen LogP contribution >= 0.6 is 0 Å². The number of H-pyrrole nitrogens is 1. The van der Waals surface area contributed by atoms with E-state index in [0.29, 0.717) is 11.1 Å². The van der Waals surface area contributed by atoms with Crippen LogP contribution < -0.4 is 10.9 Å². The summed E-state index contributed by atoms with van der Waals surface area (Å²) in [5, 5.41) is 3.69. The zero-order valence-corrected chi connectivity index (χ0v) is 17.2. The molecule has 2 aromatic heterocycles. The van der Waals surface area contributed by atoms with Gasteiger partial charge in [-0.2, -0.15) is 0 Å². The lowest BCUT2D eigenvalue weighted by molar-refractivity contribution is 0.0952. The zero-order chi connectivity index (χ0) is 21.3. The highest BCUT2D eigenvalue weighted by atomic mass is 16.1. The summed E-state index contributed by atoms with van der Waals surface area (Å²) in [5.74, 6) is -0.235. The third kappa shape index (κ3) is 3.87. The van der Waals surface area contributed by atoms with Crippen molar-refractivity contribution in [3.63, 3.8) is 0 Å². The lowest BCUT2D eigenvalue weighted by Gasteiger charge is -2.12. The molecular weight excluding hydrogens is 374 g/mol. The Bertz CT molecular complexity index is 1300. The van der Waals surface area contributed by atoms with Crippen LogP contribution in [-0.2, 0) is 6.54 Å². The van der Waals surface area contributed by atoms with E-state index in [9.17, 15) is 9.59 Å². The average molecular weight is 397 g/mol. The fraction of sp³-hybridized carbons (Fsp3) is 0.160. The van der Waals surface area contributed by atoms with Crippen LogP contribution in [0.5, 0.6) is 0 Å². The number of nitrogens with one attached hydrogen (secondary N) is 2. The lowest BCUT2D eigenvalue weighted by Crippen LogP contribution is -2.28. The third-order valence-electron chi connectivity index (χ3n) is 5.23. The molecule has 0 aliphatic heterocycles. The van der Waals surface area contributed by atoms with Crippen molar-refractivity contribution >= 4 is 16.8 Å². The van der Waals surface area contributed by atoms with Gasteiger partial charge >= 0.3 is 0 Å². The molecule has 5 nitrogen and oxygen atoms in total. The summed E-state index contributed by atoms with van der Waals surface area (Å²) in [5.41, 5.74) is 6.19. The van der Waals surface area contributed by atoms with Crippen molar-refractivity contribution in [1.82, 2.24) is 15.3 Å². The molecule has 0 radical (unpaired) electrons. The molecule has 150 valence electrons. The SMILES string of the molecule is Cc1ccc(-c2cc(C(=O)NCc3c(C)cc(C)[nH]c3=O)c3ccccc3n2)cc1. The Morgan fingerprint density at radius 1 is 1.00 bits per heavy atom. The van der Waals surface area contributed by atoms with Crippen LogP contribution in [0.4, 0.5) is 0 Å². The average Bonchev–Trinajstić information content (AvgIpc) is 2.72. The van der Waals surface area contributed by atoms with E-state index >= 15 is 0 Å². The maximum atomic E-state index is 13.1. The third-order valence-corrected chi connectivity index (χ3v) is 5.23. The van der Waals surface area contributed by atoms with Gasteiger partial charge in [0.05, 0.1) is 16.8 Å². The molecule has 2 aromatic carbocycles. The summed E-state index contributed by atoms with van der Waals surface area (Å²) in [6.07, 6.45) is 0. The molecule has 5 heteroatoms. The topological polar surface area (TPSA) is 74.8 Å². The number of amides is 1. The van der Waals surface area contributed by atoms with Gasteiger partial charge in [0.25, 0.3) is 11.5 Å². The molecule has 0 aliphatic carbocycles. The van der Waals surface area contributed by atoms with E-state index in [1.807, 2.05) is 81.4 Å². The van der Waals surface area contributed by atoms with Crippen molar-refractivity contribution in [2.75, 3.05) is 0 Å². The molecule has 0 fully saturated rings. The molecule has 0 aliphatic rings. The first-order chi connectivity index (χ1) is 14.4. The van der Waals surface area contributed by atoms with E-state index in [1.165, 1.54) is 0 Å². The summed E-state index contributed by atoms with van der Waals surface area (Å²) >= 11 is 0. The molecule has 4 rings (SSSR count). The number of para-hydroxylation sites is 1. The van der Waals surface area contributed by atoms with Crippen molar-refractivity contribution in [2.45, 2.75) is 27.3 Å². The first-order valence-electron chi connectivity index (χ1n) is 9.87. The highest BCUT2D eigenvalue weighted by Crippen LogP contribution is 2.25. The summed E-state index contributed by atoms with van der Waals surface area (Å²) in [6.45, 7) is 5.91. The molecule has 1 amide bonds. The minimum absolute atomic E-state index is 0.163. The summed E-state index contributed by atoms with van der Waals surface area (Å²) in [7, 11) is 0. The number of fused-ring (bicyclic) bond motifs is 1. The van der Waals surface area contributed by atoms with Crippen LogP contribution in [-0.4, -0.2) is 15.9 Å². The van der Waals surface area contributed by atoms with E-state index in [2.05, 4.69) is 10.3 Å². The number of aromatic nitrogens is 2. The van der Waals surface area contributed by atoms with Crippen LogP contribution in [0.25, 0.3) is 22.2 Å². The van der Waals surface area contributed by atoms with Crippen LogP contribution in [0.3, 0.4) is 0 Å². The predicted molar refractivity (Wildman–Crippen MR) is 120 cm³/mol. The van der Waals surface area contributed by atoms with Gasteiger partial charge in [-0.25, -0.2) is 4.98 Å². The van der Waals surface area contributed by atoms with Crippen molar-refractivity contribution in [1.29, 1.82) is 0 Å². The van der Waals surface area contributed by atoms with Crippen LogP contribution in [0.15, 0.2) is 65.5 Å². The number of nitrogens with zero attached hydrogens (tertiary/aromatic N) is 1. The Kier molecular flexibility index (Phi) is 5.19. The number of pyridine rings is 2. The minimum Gasteiger partial charge on any atom is -0.348 e. The minimum atomic E-state index is -0.235. The molecule has 0 saturated carbocycles. The number of benzene rings is 2. The Morgan fingerprint density at radius 3 is 2.47 bits per heavy atom. The first-order valence-corrected chi connectivity index (χ1v) is 9.87. The molecule has 0 bridgehead atoms. The second-order valence-electron chi connectivity index (χ2n) is 7.56. The normalized spacial score (nSPS) is 10.9. The van der Waals surface area contributed by atoms with Crippen molar-refractivity contribution in [2.24, 2.45) is 0 Å². The fourth-order valence-corrected chi connectivity index (χ4v) is 3.60. The lowest BCUT2D eigenvalue weighted by atomic mass is 10.0. The van der Waals surface area contributed by atoms with E-state index < -0.39 is 0 Å². The number of rotatable bonds is 4. The van der Waals surface area contributed by atoms with E-state index in [1.54, 1.807) is 0 Å². The second kappa shape index (κ2) is 7.95. The molecular formula is C25H23N3O2. The monoisotopic (exact) mass is 397 g/mol. The van der Waals surface area contributed by atoms with E-state index in [0.717, 1.165) is 39.0 Å². The second-order valence-corrected chi connectivity index (χ2v) is 7.56. The molecule has 0 spiro atoms. The molecule has 2 heterocycles. The van der Waals surface area contributed by atoms with Gasteiger partial charge in [-0.15, -0.1) is 0 Å². The van der Waals surface area contributed by atoms with Crippen LogP contribution in [0.1, 0.15) is 32.7 Å². The van der Waals surface area contributed by atoms with Gasteiger partial charge in [-0.3, -0.25) is 9.59 Å². The largest absolute Gasteiger partial charge is 0.348 e. The van der Waals surface area contributed by atoms with Gasteiger partial charge in [0.1, 0.15) is 0 Å². The van der Waals surface area contributed by atoms with E-state index in [-0.39, 0.29) is 18.0 Å². The summed E-state index contributed by atoms with van der Waals surface area (Å²) in [6, 6.07) is 19.4. The zero-order valence-electron chi connectivity index (χ0n) is 17.2. The molecule has 0 saturated heterocycles. The fourth-order valence-electron chi connectivity index (χ4n) is 3.60. The summed E-state index contributed by atoms with van der Waals surface area (Å²) in [4.78, 5) is 32.9. The van der Waals surface area contributed by atoms with Gasteiger partial charge in [0.15, 0.2) is 0 Å². The van der Waals surface area contributed by atoms with Crippen LogP contribution in [0.2, 0.25) is 0 Å². The Balaban J connectivity index is 1.71. The van der Waals surface area contributed by atoms with Gasteiger partial charge in [-0.1, -0.05) is 48.0 Å². The molecule has 4 aromatic rings. The maximum absolute atomic E-state index is 13.1. The number of hydrogen-bond acceptors (Lipinski definition) is 3. The number of aryl methyl sites for hydroxylation is 3. The highest BCUT2D eigenvalue weighted by Gasteiger charge is 2.15. The van der Waals surface area contributed by atoms with E-state index in [4.69, 9.17) is 4.98 Å². The van der Waals surface area contributed by atoms with Crippen LogP contribution in [0, 0.1) is 20.8 Å². The van der Waals surface area contributed by atoms with Crippen molar-refractivity contribution in [3.05, 3.63) is 99.0 Å². The Morgan fingerprint density at radius 2 is 1.73 bits per heavy atom. The highest BCUT2D eigenvalue weighted by molar-refractivity contribution is 6.07. The number of carbonyl (C=O) groups is 1. The maximum Gasteiger partial charge on any atom is 0.253 e.